The Kier molecular flexibility index (Phi) is 7.40. The number of imidazole rings is 1. The minimum Gasteiger partial charge on any atom is -0.494 e. The van der Waals surface area contributed by atoms with Gasteiger partial charge in [-0.1, -0.05) is 52.1 Å². The van der Waals surface area contributed by atoms with Gasteiger partial charge in [0.05, 0.1) is 24.3 Å². The molecule has 0 radical (unpaired) electrons. The number of hydrogen-bond acceptors (Lipinski definition) is 6. The fourth-order valence-corrected chi connectivity index (χ4v) is 3.70. The van der Waals surface area contributed by atoms with E-state index in [2.05, 4.69) is 83.4 Å². The third-order valence-electron chi connectivity index (χ3n) is 5.74. The molecule has 34 heavy (non-hydrogen) atoms. The van der Waals surface area contributed by atoms with E-state index in [4.69, 9.17) is 9.26 Å². The summed E-state index contributed by atoms with van der Waals surface area (Å²) in [4.78, 5) is 4.58. The van der Waals surface area contributed by atoms with Crippen LogP contribution in [0.15, 0.2) is 59.4 Å². The van der Waals surface area contributed by atoms with Crippen molar-refractivity contribution in [1.29, 1.82) is 0 Å². The monoisotopic (exact) mass is 461 g/mol. The quantitative estimate of drug-likeness (QED) is 0.190. The van der Waals surface area contributed by atoms with Gasteiger partial charge in [0.1, 0.15) is 17.8 Å². The van der Waals surface area contributed by atoms with Gasteiger partial charge >= 0.3 is 0 Å². The van der Waals surface area contributed by atoms with Crippen molar-refractivity contribution in [2.45, 2.75) is 58.8 Å². The molecule has 0 saturated carbocycles. The molecule has 0 amide bonds. The van der Waals surface area contributed by atoms with Gasteiger partial charge in [-0.2, -0.15) is 0 Å². The number of nitrogens with zero attached hydrogens (tertiary/aromatic N) is 3. The molecule has 2 aromatic heterocycles. The number of anilines is 2. The van der Waals surface area contributed by atoms with Gasteiger partial charge in [0, 0.05) is 28.9 Å². The molecule has 0 spiro atoms. The van der Waals surface area contributed by atoms with Crippen molar-refractivity contribution in [2.24, 2.45) is 0 Å². The Hall–Kier alpha value is -3.48. The first kappa shape index (κ1) is 23.7. The lowest BCUT2D eigenvalue weighted by molar-refractivity contribution is 0.305. The van der Waals surface area contributed by atoms with Crippen LogP contribution in [0.5, 0.6) is 5.75 Å². The van der Waals surface area contributed by atoms with Crippen LogP contribution in [0, 0.1) is 0 Å². The summed E-state index contributed by atoms with van der Waals surface area (Å²) in [7, 11) is 0. The maximum Gasteiger partial charge on any atom is 0.171 e. The van der Waals surface area contributed by atoms with E-state index in [0.717, 1.165) is 52.8 Å². The first-order valence-corrected chi connectivity index (χ1v) is 12.1. The highest BCUT2D eigenvalue weighted by Gasteiger charge is 2.19. The van der Waals surface area contributed by atoms with E-state index in [1.807, 2.05) is 24.5 Å². The number of rotatable bonds is 11. The highest BCUT2D eigenvalue weighted by molar-refractivity contribution is 5.79. The third-order valence-corrected chi connectivity index (χ3v) is 5.74. The average Bonchev–Trinajstić information content (AvgIpc) is 3.47. The standard InChI is InChI=1S/C27H35N5O2/c1-5-6-7-8-15-33-22-13-14-24-23(16-22)30-19-32(24)21-11-9-20(10-12-21)28-18-29-26-17-25(34-31-26)27(2,3)4/h9-14,16-17,19,28H,5-8,15,18H2,1-4H3,(H,29,31). The molecule has 4 rings (SSSR count). The van der Waals surface area contributed by atoms with E-state index in [1.54, 1.807) is 0 Å². The lowest BCUT2D eigenvalue weighted by Gasteiger charge is -2.12. The van der Waals surface area contributed by atoms with Gasteiger partial charge in [0.15, 0.2) is 5.82 Å². The highest BCUT2D eigenvalue weighted by Crippen LogP contribution is 2.25. The fourth-order valence-electron chi connectivity index (χ4n) is 3.70. The Morgan fingerprint density at radius 3 is 2.53 bits per heavy atom. The maximum absolute atomic E-state index is 5.90. The third kappa shape index (κ3) is 5.90. The normalized spacial score (nSPS) is 11.6. The second-order valence-electron chi connectivity index (χ2n) is 9.58. The molecule has 0 saturated heterocycles. The molecule has 2 aromatic carbocycles. The zero-order valence-corrected chi connectivity index (χ0v) is 20.6. The van der Waals surface area contributed by atoms with Crippen molar-refractivity contribution in [3.05, 3.63) is 60.6 Å². The Morgan fingerprint density at radius 1 is 0.971 bits per heavy atom. The van der Waals surface area contributed by atoms with Gasteiger partial charge in [-0.05, 0) is 42.8 Å². The van der Waals surface area contributed by atoms with Crippen LogP contribution in [-0.2, 0) is 5.41 Å². The largest absolute Gasteiger partial charge is 0.494 e. The summed E-state index contributed by atoms with van der Waals surface area (Å²) in [6, 6.07) is 16.3. The van der Waals surface area contributed by atoms with Crippen LogP contribution in [-0.4, -0.2) is 28.0 Å². The van der Waals surface area contributed by atoms with Crippen LogP contribution in [0.4, 0.5) is 11.5 Å². The van der Waals surface area contributed by atoms with Crippen molar-refractivity contribution in [2.75, 3.05) is 23.9 Å². The molecule has 0 atom stereocenters. The number of fused-ring (bicyclic) bond motifs is 1. The number of benzene rings is 2. The maximum atomic E-state index is 5.90. The van der Waals surface area contributed by atoms with Gasteiger partial charge in [0.25, 0.3) is 0 Å². The van der Waals surface area contributed by atoms with E-state index >= 15 is 0 Å². The topological polar surface area (TPSA) is 77.1 Å². The average molecular weight is 462 g/mol. The van der Waals surface area contributed by atoms with Crippen molar-refractivity contribution >= 4 is 22.5 Å². The van der Waals surface area contributed by atoms with Gasteiger partial charge in [-0.25, -0.2) is 4.98 Å². The van der Waals surface area contributed by atoms with Crippen LogP contribution in [0.1, 0.15) is 59.1 Å². The van der Waals surface area contributed by atoms with Crippen molar-refractivity contribution < 1.29 is 9.26 Å². The van der Waals surface area contributed by atoms with Crippen LogP contribution < -0.4 is 15.4 Å². The Balaban J connectivity index is 1.33. The van der Waals surface area contributed by atoms with E-state index in [1.165, 1.54) is 19.3 Å². The molecule has 0 fully saturated rings. The minimum atomic E-state index is -0.0590. The number of ether oxygens (including phenoxy) is 1. The molecular formula is C27H35N5O2. The number of unbranched alkanes of at least 4 members (excludes halogenated alkanes) is 3. The van der Waals surface area contributed by atoms with Gasteiger partial charge in [-0.15, -0.1) is 0 Å². The first-order valence-electron chi connectivity index (χ1n) is 12.1. The number of aromatic nitrogens is 3. The van der Waals surface area contributed by atoms with Crippen molar-refractivity contribution in [3.8, 4) is 11.4 Å². The smallest absolute Gasteiger partial charge is 0.171 e. The molecule has 2 heterocycles. The molecule has 0 aliphatic heterocycles. The zero-order chi connectivity index (χ0) is 24.0. The van der Waals surface area contributed by atoms with Crippen molar-refractivity contribution in [1.82, 2.24) is 14.7 Å². The summed E-state index contributed by atoms with van der Waals surface area (Å²) in [5, 5.41) is 10.7. The predicted octanol–water partition coefficient (Wildman–Crippen LogP) is 6.75. The highest BCUT2D eigenvalue weighted by atomic mass is 16.5. The lowest BCUT2D eigenvalue weighted by atomic mass is 9.93. The molecule has 4 aromatic rings. The summed E-state index contributed by atoms with van der Waals surface area (Å²) < 4.78 is 13.4. The second-order valence-corrected chi connectivity index (χ2v) is 9.58. The summed E-state index contributed by atoms with van der Waals surface area (Å²) in [5.74, 6) is 2.46. The van der Waals surface area contributed by atoms with Crippen LogP contribution in [0.25, 0.3) is 16.7 Å². The second kappa shape index (κ2) is 10.6. The molecule has 0 unspecified atom stereocenters. The van der Waals surface area contributed by atoms with Crippen LogP contribution in [0.3, 0.4) is 0 Å². The molecule has 0 bridgehead atoms. The Labute approximate surface area is 201 Å². The lowest BCUT2D eigenvalue weighted by Crippen LogP contribution is -2.12. The zero-order valence-electron chi connectivity index (χ0n) is 20.6. The molecule has 7 nitrogen and oxygen atoms in total. The summed E-state index contributed by atoms with van der Waals surface area (Å²) in [5.41, 5.74) is 4.00. The van der Waals surface area contributed by atoms with E-state index in [-0.39, 0.29) is 5.41 Å². The number of nitrogens with one attached hydrogen (secondary N) is 2. The molecule has 0 aliphatic carbocycles. The molecule has 0 aliphatic rings. The molecule has 180 valence electrons. The van der Waals surface area contributed by atoms with Gasteiger partial charge in [0.2, 0.25) is 0 Å². The van der Waals surface area contributed by atoms with Crippen molar-refractivity contribution in [3.63, 3.8) is 0 Å². The van der Waals surface area contributed by atoms with Gasteiger partial charge < -0.3 is 19.9 Å². The van der Waals surface area contributed by atoms with Crippen LogP contribution >= 0.6 is 0 Å². The van der Waals surface area contributed by atoms with E-state index in [0.29, 0.717) is 6.67 Å². The van der Waals surface area contributed by atoms with Gasteiger partial charge in [-0.3, -0.25) is 4.57 Å². The first-order chi connectivity index (χ1) is 16.4. The summed E-state index contributed by atoms with van der Waals surface area (Å²) >= 11 is 0. The Morgan fingerprint density at radius 2 is 1.79 bits per heavy atom. The fraction of sp³-hybridized carbons (Fsp3) is 0.407. The van der Waals surface area contributed by atoms with E-state index in [9.17, 15) is 0 Å². The number of hydrogen-bond donors (Lipinski definition) is 2. The molecular weight excluding hydrogens is 426 g/mol. The molecule has 7 heteroatoms. The minimum absolute atomic E-state index is 0.0590. The summed E-state index contributed by atoms with van der Waals surface area (Å²) in [6.07, 6.45) is 6.66. The summed E-state index contributed by atoms with van der Waals surface area (Å²) in [6.45, 7) is 9.82. The van der Waals surface area contributed by atoms with E-state index < -0.39 is 0 Å². The molecule has 2 N–H and O–H groups in total. The van der Waals surface area contributed by atoms with Crippen LogP contribution in [0.2, 0.25) is 0 Å². The predicted molar refractivity (Wildman–Crippen MR) is 138 cm³/mol. The Bertz CT molecular complexity index is 1190. The SMILES string of the molecule is CCCCCCOc1ccc2c(c1)ncn2-c1ccc(NCNc2cc(C(C)(C)C)on2)cc1.